The minimum Gasteiger partial charge on any atom is -0.217 e. The van der Waals surface area contributed by atoms with Crippen molar-refractivity contribution in [2.75, 3.05) is 0 Å². The van der Waals surface area contributed by atoms with Crippen LogP contribution >= 0.6 is 0 Å². The molecule has 0 unspecified atom stereocenters. The number of imidazole rings is 1. The molecule has 28 heavy (non-hydrogen) atoms. The molecule has 0 radical (unpaired) electrons. The number of aromatic nitrogens is 2. The van der Waals surface area contributed by atoms with Gasteiger partial charge in [-0.3, -0.25) is 0 Å². The van der Waals surface area contributed by atoms with Gasteiger partial charge in [0.15, 0.2) is 11.0 Å². The first-order valence-electron chi connectivity index (χ1n) is 10.6. The van der Waals surface area contributed by atoms with E-state index in [4.69, 9.17) is 0 Å². The summed E-state index contributed by atoms with van der Waals surface area (Å²) in [6.07, 6.45) is 4.64. The zero-order valence-electron chi connectivity index (χ0n) is 16.6. The predicted molar refractivity (Wildman–Crippen MR) is 117 cm³/mol. The molecule has 2 heteroatoms. The van der Waals surface area contributed by atoms with Gasteiger partial charge in [-0.05, 0) is 49.4 Å². The van der Waals surface area contributed by atoms with E-state index in [2.05, 4.69) is 89.5 Å². The van der Waals surface area contributed by atoms with Crippen LogP contribution in [0.15, 0.2) is 66.7 Å². The highest BCUT2D eigenvalue weighted by Crippen LogP contribution is 2.39. The molecule has 0 N–H and O–H groups in total. The van der Waals surface area contributed by atoms with Crippen LogP contribution in [0.1, 0.15) is 38.7 Å². The lowest BCUT2D eigenvalue weighted by Gasteiger charge is -2.28. The topological polar surface area (TPSA) is 8.29 Å². The summed E-state index contributed by atoms with van der Waals surface area (Å²) in [5, 5.41) is 4.18. The number of hydrogen-bond donors (Lipinski definition) is 0. The zero-order valence-corrected chi connectivity index (χ0v) is 16.6. The van der Waals surface area contributed by atoms with Gasteiger partial charge in [-0.1, -0.05) is 62.4 Å². The van der Waals surface area contributed by atoms with Gasteiger partial charge in [-0.25, -0.2) is 4.57 Å². The standard InChI is InChI=1S/C26H25N2/c1-3-26(4-2)17-16-18-10-9-12-20-19-11-5-6-13-21(19)27-22-14-7-8-15-23(22)28(26)25(27)24(18)20/h5-15H,3-4,16-17H2,1-2H3/q+1. The third kappa shape index (κ3) is 1.81. The highest BCUT2D eigenvalue weighted by molar-refractivity contribution is 6.13. The lowest BCUT2D eigenvalue weighted by molar-refractivity contribution is -0.720. The van der Waals surface area contributed by atoms with Crippen molar-refractivity contribution in [3.05, 3.63) is 72.3 Å². The van der Waals surface area contributed by atoms with Crippen LogP contribution in [0.25, 0.3) is 38.4 Å². The molecule has 0 bridgehead atoms. The molecule has 1 aliphatic rings. The number of hydrogen-bond acceptors (Lipinski definition) is 0. The average Bonchev–Trinajstić information content (AvgIpc) is 3.03. The Morgan fingerprint density at radius 3 is 2.36 bits per heavy atom. The van der Waals surface area contributed by atoms with Crippen molar-refractivity contribution in [1.82, 2.24) is 4.40 Å². The summed E-state index contributed by atoms with van der Waals surface area (Å²) >= 11 is 0. The van der Waals surface area contributed by atoms with Gasteiger partial charge in [-0.15, -0.1) is 0 Å². The number of fused-ring (bicyclic) bond motifs is 6. The molecule has 0 saturated carbocycles. The summed E-state index contributed by atoms with van der Waals surface area (Å²) in [6, 6.07) is 24.8. The van der Waals surface area contributed by atoms with E-state index in [1.807, 2.05) is 0 Å². The molecular formula is C26H25N2+. The Balaban J connectivity index is 2.04. The second kappa shape index (κ2) is 5.57. The van der Waals surface area contributed by atoms with Crippen molar-refractivity contribution in [1.29, 1.82) is 0 Å². The van der Waals surface area contributed by atoms with Crippen LogP contribution in [0.3, 0.4) is 0 Å². The lowest BCUT2D eigenvalue weighted by atomic mass is 9.86. The largest absolute Gasteiger partial charge is 0.296 e. The molecule has 138 valence electrons. The summed E-state index contributed by atoms with van der Waals surface area (Å²) < 4.78 is 5.23. The van der Waals surface area contributed by atoms with Crippen LogP contribution in [0.4, 0.5) is 0 Å². The van der Waals surface area contributed by atoms with Crippen LogP contribution in [-0.4, -0.2) is 4.40 Å². The summed E-state index contributed by atoms with van der Waals surface area (Å²) in [7, 11) is 0. The molecule has 0 atom stereocenters. The number of pyridine rings is 1. The van der Waals surface area contributed by atoms with Gasteiger partial charge in [0.05, 0.1) is 5.39 Å². The number of benzene rings is 3. The summed E-state index contributed by atoms with van der Waals surface area (Å²) in [4.78, 5) is 0. The van der Waals surface area contributed by atoms with E-state index < -0.39 is 0 Å². The highest BCUT2D eigenvalue weighted by Gasteiger charge is 2.41. The number of nitrogens with zero attached hydrogens (tertiary/aromatic N) is 2. The Hall–Kier alpha value is -2.87. The van der Waals surface area contributed by atoms with Gasteiger partial charge in [0.1, 0.15) is 11.1 Å². The molecule has 0 spiro atoms. The van der Waals surface area contributed by atoms with Gasteiger partial charge >= 0.3 is 0 Å². The number of rotatable bonds is 2. The molecule has 0 fully saturated rings. The Bertz CT molecular complexity index is 1390. The third-order valence-corrected chi connectivity index (χ3v) is 7.25. The fraction of sp³-hybridized carbons (Fsp3) is 0.269. The first kappa shape index (κ1) is 16.1. The molecule has 5 aromatic rings. The van der Waals surface area contributed by atoms with Crippen LogP contribution in [0, 0.1) is 0 Å². The van der Waals surface area contributed by atoms with Crippen LogP contribution in [0.2, 0.25) is 0 Å². The molecule has 0 saturated heterocycles. The van der Waals surface area contributed by atoms with Gasteiger partial charge in [0.2, 0.25) is 0 Å². The van der Waals surface area contributed by atoms with E-state index in [-0.39, 0.29) is 5.54 Å². The van der Waals surface area contributed by atoms with Gasteiger partial charge in [0, 0.05) is 10.8 Å². The quantitative estimate of drug-likeness (QED) is 0.262. The SMILES string of the molecule is CCC1(CC)CCc2cccc3c4ccccc4n4c5ccccc5[n+]1c4c23. The summed E-state index contributed by atoms with van der Waals surface area (Å²) in [5.41, 5.74) is 7.02. The first-order chi connectivity index (χ1) is 13.8. The monoisotopic (exact) mass is 365 g/mol. The molecule has 1 aliphatic heterocycles. The van der Waals surface area contributed by atoms with E-state index in [1.54, 1.807) is 0 Å². The molecule has 6 rings (SSSR count). The maximum atomic E-state index is 2.70. The second-order valence-electron chi connectivity index (χ2n) is 8.27. The van der Waals surface area contributed by atoms with Crippen molar-refractivity contribution in [2.45, 2.75) is 45.1 Å². The molecule has 0 amide bonds. The smallest absolute Gasteiger partial charge is 0.217 e. The van der Waals surface area contributed by atoms with E-state index in [0.29, 0.717) is 0 Å². The Morgan fingerprint density at radius 1 is 0.821 bits per heavy atom. The number of para-hydroxylation sites is 3. The highest BCUT2D eigenvalue weighted by atomic mass is 15.2. The molecule has 2 nitrogen and oxygen atoms in total. The summed E-state index contributed by atoms with van der Waals surface area (Å²) in [5.74, 6) is 0. The van der Waals surface area contributed by atoms with E-state index in [9.17, 15) is 0 Å². The van der Waals surface area contributed by atoms with E-state index in [1.165, 1.54) is 50.3 Å². The molecular weight excluding hydrogens is 340 g/mol. The third-order valence-electron chi connectivity index (χ3n) is 7.25. The van der Waals surface area contributed by atoms with Gasteiger partial charge < -0.3 is 0 Å². The Labute approximate surface area is 165 Å². The van der Waals surface area contributed by atoms with Crippen LogP contribution < -0.4 is 4.57 Å². The average molecular weight is 366 g/mol. The molecule has 0 aliphatic carbocycles. The van der Waals surface area contributed by atoms with E-state index >= 15 is 0 Å². The zero-order chi connectivity index (χ0) is 18.9. The predicted octanol–water partition coefficient (Wildman–Crippen LogP) is 6.15. The summed E-state index contributed by atoms with van der Waals surface area (Å²) in [6.45, 7) is 4.73. The van der Waals surface area contributed by atoms with Crippen molar-refractivity contribution < 1.29 is 4.57 Å². The van der Waals surface area contributed by atoms with Crippen molar-refractivity contribution in [3.8, 4) is 0 Å². The minimum absolute atomic E-state index is 0.156. The van der Waals surface area contributed by atoms with E-state index in [0.717, 1.165) is 19.3 Å². The maximum Gasteiger partial charge on any atom is 0.296 e. The lowest BCUT2D eigenvalue weighted by Crippen LogP contribution is -2.55. The molecule has 3 heterocycles. The van der Waals surface area contributed by atoms with Gasteiger partial charge in [0.25, 0.3) is 5.65 Å². The fourth-order valence-corrected chi connectivity index (χ4v) is 5.71. The molecule has 3 aromatic carbocycles. The van der Waals surface area contributed by atoms with Crippen molar-refractivity contribution in [2.24, 2.45) is 0 Å². The van der Waals surface area contributed by atoms with Crippen molar-refractivity contribution in [3.63, 3.8) is 0 Å². The normalized spacial score (nSPS) is 15.8. The van der Waals surface area contributed by atoms with Crippen LogP contribution in [0.5, 0.6) is 0 Å². The Kier molecular flexibility index (Phi) is 3.21. The molecule has 2 aromatic heterocycles. The minimum atomic E-state index is 0.156. The fourth-order valence-electron chi connectivity index (χ4n) is 5.71. The maximum absolute atomic E-state index is 2.70. The number of aryl methyl sites for hydroxylation is 1. The van der Waals surface area contributed by atoms with Crippen LogP contribution in [-0.2, 0) is 12.0 Å². The second-order valence-corrected chi connectivity index (χ2v) is 8.27. The Morgan fingerprint density at radius 2 is 1.54 bits per heavy atom. The first-order valence-corrected chi connectivity index (χ1v) is 10.6. The van der Waals surface area contributed by atoms with Gasteiger partial charge in [-0.2, -0.15) is 4.40 Å². The van der Waals surface area contributed by atoms with Crippen molar-refractivity contribution >= 4 is 38.4 Å².